The van der Waals surface area contributed by atoms with E-state index in [1.54, 1.807) is 17.0 Å². The van der Waals surface area contributed by atoms with Gasteiger partial charge in [0.05, 0.1) is 17.6 Å². The van der Waals surface area contributed by atoms with Crippen LogP contribution in [0.15, 0.2) is 29.2 Å². The summed E-state index contributed by atoms with van der Waals surface area (Å²) < 4.78 is 28.5. The highest BCUT2D eigenvalue weighted by Gasteiger charge is 2.24. The summed E-state index contributed by atoms with van der Waals surface area (Å²) in [7, 11) is -3.31. The Morgan fingerprint density at radius 3 is 2.90 bits per heavy atom. The zero-order valence-corrected chi connectivity index (χ0v) is 13.5. The topological polar surface area (TPSA) is 63.7 Å². The van der Waals surface area contributed by atoms with Crippen LogP contribution in [0, 0.1) is 0 Å². The molecule has 0 N–H and O–H groups in total. The van der Waals surface area contributed by atoms with Crippen LogP contribution in [0.3, 0.4) is 0 Å². The van der Waals surface area contributed by atoms with Crippen molar-refractivity contribution >= 4 is 31.7 Å². The van der Waals surface area contributed by atoms with Crippen LogP contribution < -0.4 is 0 Å². The van der Waals surface area contributed by atoms with Gasteiger partial charge in [0.15, 0.2) is 9.84 Å². The van der Waals surface area contributed by atoms with Crippen molar-refractivity contribution in [1.29, 1.82) is 0 Å². The molecule has 0 radical (unpaired) electrons. The maximum atomic E-state index is 12.4. The second-order valence-electron chi connectivity index (χ2n) is 4.70. The summed E-state index contributed by atoms with van der Waals surface area (Å²) in [4.78, 5) is 14.3. The van der Waals surface area contributed by atoms with Gasteiger partial charge in [-0.2, -0.15) is 0 Å². The molecule has 1 unspecified atom stereocenters. The van der Waals surface area contributed by atoms with E-state index >= 15 is 0 Å². The lowest BCUT2D eigenvalue weighted by Gasteiger charge is -2.32. The molecule has 1 fully saturated rings. The van der Waals surface area contributed by atoms with Crippen LogP contribution in [0.5, 0.6) is 0 Å². The van der Waals surface area contributed by atoms with Gasteiger partial charge in [0, 0.05) is 30.2 Å². The highest BCUT2D eigenvalue weighted by Crippen LogP contribution is 2.15. The SMILES string of the molecule is CS(=O)(=O)c1cccc(C(=O)N2CCOC(CBr)C2)c1. The summed E-state index contributed by atoms with van der Waals surface area (Å²) >= 11 is 3.34. The van der Waals surface area contributed by atoms with Gasteiger partial charge in [-0.05, 0) is 18.2 Å². The summed E-state index contributed by atoms with van der Waals surface area (Å²) in [6.45, 7) is 1.52. The summed E-state index contributed by atoms with van der Waals surface area (Å²) in [6.07, 6.45) is 1.11. The molecular weight excluding hydrogens is 346 g/mol. The van der Waals surface area contributed by atoms with Gasteiger partial charge in [0.25, 0.3) is 5.91 Å². The molecule has 0 aliphatic carbocycles. The summed E-state index contributed by atoms with van der Waals surface area (Å²) in [6, 6.07) is 6.14. The fraction of sp³-hybridized carbons (Fsp3) is 0.462. The van der Waals surface area contributed by atoms with Gasteiger partial charge in [-0.25, -0.2) is 8.42 Å². The summed E-state index contributed by atoms with van der Waals surface area (Å²) in [5, 5.41) is 0.667. The molecule has 0 bridgehead atoms. The molecule has 1 atom stereocenters. The van der Waals surface area contributed by atoms with Crippen molar-refractivity contribution in [2.24, 2.45) is 0 Å². The van der Waals surface area contributed by atoms with Gasteiger partial charge < -0.3 is 9.64 Å². The molecule has 0 spiro atoms. The van der Waals surface area contributed by atoms with E-state index in [4.69, 9.17) is 4.74 Å². The van der Waals surface area contributed by atoms with Gasteiger partial charge in [-0.3, -0.25) is 4.79 Å². The second-order valence-corrected chi connectivity index (χ2v) is 7.36. The van der Waals surface area contributed by atoms with Crippen molar-refractivity contribution < 1.29 is 17.9 Å². The van der Waals surface area contributed by atoms with E-state index in [1.807, 2.05) is 0 Å². The number of sulfone groups is 1. The van der Waals surface area contributed by atoms with Crippen LogP contribution in [-0.2, 0) is 14.6 Å². The number of hydrogen-bond donors (Lipinski definition) is 0. The minimum Gasteiger partial charge on any atom is -0.374 e. The minimum absolute atomic E-state index is 0.0224. The quantitative estimate of drug-likeness (QED) is 0.761. The third-order valence-corrected chi connectivity index (χ3v) is 4.94. The van der Waals surface area contributed by atoms with Crippen molar-refractivity contribution in [3.05, 3.63) is 29.8 Å². The van der Waals surface area contributed by atoms with Gasteiger partial charge in [0.1, 0.15) is 0 Å². The third kappa shape index (κ3) is 3.59. The van der Waals surface area contributed by atoms with Crippen LogP contribution in [0.4, 0.5) is 0 Å². The maximum absolute atomic E-state index is 12.4. The van der Waals surface area contributed by atoms with Crippen LogP contribution in [0.1, 0.15) is 10.4 Å². The predicted octanol–water partition coefficient (Wildman–Crippen LogP) is 1.33. The Labute approximate surface area is 127 Å². The molecule has 1 aromatic rings. The molecule has 2 rings (SSSR count). The molecule has 0 aromatic heterocycles. The first-order valence-corrected chi connectivity index (χ1v) is 9.20. The number of carbonyl (C=O) groups excluding carboxylic acids is 1. The highest BCUT2D eigenvalue weighted by molar-refractivity contribution is 9.09. The zero-order chi connectivity index (χ0) is 14.8. The molecule has 1 aromatic carbocycles. The summed E-state index contributed by atoms with van der Waals surface area (Å²) in [5.41, 5.74) is 0.392. The standard InChI is InChI=1S/C13H16BrNO4S/c1-20(17,18)12-4-2-3-10(7-12)13(16)15-5-6-19-11(8-14)9-15/h2-4,7,11H,5-6,8-9H2,1H3. The molecule has 1 aliphatic heterocycles. The number of hydrogen-bond acceptors (Lipinski definition) is 4. The highest BCUT2D eigenvalue weighted by atomic mass is 79.9. The molecular formula is C13H16BrNO4S. The zero-order valence-electron chi connectivity index (χ0n) is 11.1. The molecule has 110 valence electrons. The predicted molar refractivity (Wildman–Crippen MR) is 79.0 cm³/mol. The Kier molecular flexibility index (Phi) is 4.82. The van der Waals surface area contributed by atoms with Crippen molar-refractivity contribution in [1.82, 2.24) is 4.90 Å². The van der Waals surface area contributed by atoms with E-state index in [0.29, 0.717) is 30.6 Å². The lowest BCUT2D eigenvalue weighted by molar-refractivity contribution is -0.00965. The van der Waals surface area contributed by atoms with E-state index in [9.17, 15) is 13.2 Å². The van der Waals surface area contributed by atoms with Crippen LogP contribution in [-0.4, -0.2) is 56.6 Å². The van der Waals surface area contributed by atoms with E-state index in [-0.39, 0.29) is 16.9 Å². The molecule has 1 heterocycles. The Hall–Kier alpha value is -0.920. The first-order chi connectivity index (χ1) is 9.41. The number of benzene rings is 1. The monoisotopic (exact) mass is 361 g/mol. The Balaban J connectivity index is 2.21. The van der Waals surface area contributed by atoms with Crippen molar-refractivity contribution in [2.45, 2.75) is 11.0 Å². The van der Waals surface area contributed by atoms with Gasteiger partial charge in [0.2, 0.25) is 0 Å². The number of rotatable bonds is 3. The van der Waals surface area contributed by atoms with Gasteiger partial charge in [-0.1, -0.05) is 22.0 Å². The van der Waals surface area contributed by atoms with E-state index < -0.39 is 9.84 Å². The average Bonchev–Trinajstić information content (AvgIpc) is 2.46. The molecule has 0 saturated carbocycles. The second kappa shape index (κ2) is 6.24. The number of alkyl halides is 1. The van der Waals surface area contributed by atoms with Crippen LogP contribution >= 0.6 is 15.9 Å². The number of ether oxygens (including phenoxy) is 1. The van der Waals surface area contributed by atoms with Crippen molar-refractivity contribution in [3.63, 3.8) is 0 Å². The number of nitrogens with zero attached hydrogens (tertiary/aromatic N) is 1. The molecule has 1 aliphatic rings. The average molecular weight is 362 g/mol. The maximum Gasteiger partial charge on any atom is 0.254 e. The van der Waals surface area contributed by atoms with E-state index in [2.05, 4.69) is 15.9 Å². The van der Waals surface area contributed by atoms with Gasteiger partial charge >= 0.3 is 0 Å². The summed E-state index contributed by atoms with van der Waals surface area (Å²) in [5.74, 6) is -0.162. The normalized spacial score (nSPS) is 19.9. The lowest BCUT2D eigenvalue weighted by atomic mass is 10.2. The molecule has 20 heavy (non-hydrogen) atoms. The van der Waals surface area contributed by atoms with E-state index in [1.165, 1.54) is 12.1 Å². The Bertz CT molecular complexity index is 602. The molecule has 1 amide bonds. The number of morpholine rings is 1. The Morgan fingerprint density at radius 2 is 2.25 bits per heavy atom. The lowest BCUT2D eigenvalue weighted by Crippen LogP contribution is -2.46. The molecule has 5 nitrogen and oxygen atoms in total. The number of halogens is 1. The Morgan fingerprint density at radius 1 is 1.50 bits per heavy atom. The smallest absolute Gasteiger partial charge is 0.254 e. The van der Waals surface area contributed by atoms with Crippen molar-refractivity contribution in [3.8, 4) is 0 Å². The fourth-order valence-corrected chi connectivity index (χ4v) is 3.10. The minimum atomic E-state index is -3.31. The van der Waals surface area contributed by atoms with E-state index in [0.717, 1.165) is 6.26 Å². The first-order valence-electron chi connectivity index (χ1n) is 6.19. The number of carbonyl (C=O) groups is 1. The van der Waals surface area contributed by atoms with Gasteiger partial charge in [-0.15, -0.1) is 0 Å². The first kappa shape index (κ1) is 15.5. The molecule has 1 saturated heterocycles. The van der Waals surface area contributed by atoms with Crippen molar-refractivity contribution in [2.75, 3.05) is 31.3 Å². The molecule has 7 heteroatoms. The fourth-order valence-electron chi connectivity index (χ4n) is 2.04. The number of amides is 1. The van der Waals surface area contributed by atoms with Crippen LogP contribution in [0.2, 0.25) is 0 Å². The van der Waals surface area contributed by atoms with Crippen LogP contribution in [0.25, 0.3) is 0 Å². The largest absolute Gasteiger partial charge is 0.374 e. The third-order valence-electron chi connectivity index (χ3n) is 3.11.